The van der Waals surface area contributed by atoms with Gasteiger partial charge in [-0.05, 0) is 12.1 Å². The summed E-state index contributed by atoms with van der Waals surface area (Å²) in [6.07, 6.45) is -0.415. The van der Waals surface area contributed by atoms with Crippen molar-refractivity contribution in [3.8, 4) is 11.8 Å². The van der Waals surface area contributed by atoms with Crippen molar-refractivity contribution in [1.82, 2.24) is 4.90 Å². The van der Waals surface area contributed by atoms with Crippen molar-refractivity contribution in [1.29, 1.82) is 5.26 Å². The molecule has 0 heterocycles. The van der Waals surface area contributed by atoms with Crippen molar-refractivity contribution < 1.29 is 9.53 Å². The molecule has 1 atom stereocenters. The van der Waals surface area contributed by atoms with Gasteiger partial charge in [0.25, 0.3) is 5.91 Å². The molecule has 0 aliphatic rings. The van der Waals surface area contributed by atoms with Crippen molar-refractivity contribution in [3.05, 3.63) is 66.2 Å². The second kappa shape index (κ2) is 7.84. The highest BCUT2D eigenvalue weighted by Crippen LogP contribution is 2.23. The smallest absolute Gasteiger partial charge is 0.268 e. The molecule has 0 fully saturated rings. The Morgan fingerprint density at radius 1 is 1.14 bits per heavy atom. The Morgan fingerprint density at radius 3 is 2.32 bits per heavy atom. The van der Waals surface area contributed by atoms with Crippen LogP contribution in [0.15, 0.2) is 60.7 Å². The quantitative estimate of drug-likeness (QED) is 0.822. The van der Waals surface area contributed by atoms with Gasteiger partial charge >= 0.3 is 0 Å². The molecule has 0 saturated carbocycles. The van der Waals surface area contributed by atoms with Crippen molar-refractivity contribution in [2.75, 3.05) is 13.6 Å². The lowest BCUT2D eigenvalue weighted by Crippen LogP contribution is -2.35. The van der Waals surface area contributed by atoms with E-state index in [9.17, 15) is 4.79 Å². The van der Waals surface area contributed by atoms with Crippen LogP contribution >= 0.6 is 0 Å². The molecule has 0 aliphatic heterocycles. The zero-order chi connectivity index (χ0) is 15.8. The lowest BCUT2D eigenvalue weighted by molar-refractivity contribution is -0.137. The highest BCUT2D eigenvalue weighted by Gasteiger charge is 2.25. The number of hydrogen-bond donors (Lipinski definition) is 0. The van der Waals surface area contributed by atoms with Crippen LogP contribution in [0.5, 0.6) is 5.75 Å². The fourth-order valence-corrected chi connectivity index (χ4v) is 2.05. The molecule has 0 radical (unpaired) electrons. The van der Waals surface area contributed by atoms with Crippen LogP contribution in [0.25, 0.3) is 0 Å². The summed E-state index contributed by atoms with van der Waals surface area (Å²) in [7, 11) is 1.68. The first-order valence-electron chi connectivity index (χ1n) is 7.11. The van der Waals surface area contributed by atoms with E-state index in [4.69, 9.17) is 10.00 Å². The lowest BCUT2D eigenvalue weighted by Gasteiger charge is -2.24. The SMILES string of the molecule is CN(CCC#N)C(=O)[C@@H](Oc1ccccc1)c1ccccc1. The fraction of sp³-hybridized carbons (Fsp3) is 0.222. The summed E-state index contributed by atoms with van der Waals surface area (Å²) in [6.45, 7) is 0.386. The average molecular weight is 294 g/mol. The fourth-order valence-electron chi connectivity index (χ4n) is 2.05. The zero-order valence-corrected chi connectivity index (χ0v) is 12.5. The molecule has 22 heavy (non-hydrogen) atoms. The van der Waals surface area contributed by atoms with Gasteiger partial charge in [0, 0.05) is 19.2 Å². The number of carbonyl (C=O) groups excluding carboxylic acids is 1. The van der Waals surface area contributed by atoms with Gasteiger partial charge < -0.3 is 9.64 Å². The molecule has 2 aromatic rings. The number of amides is 1. The second-order valence-electron chi connectivity index (χ2n) is 4.89. The summed E-state index contributed by atoms with van der Waals surface area (Å²) in [5.74, 6) is 0.476. The zero-order valence-electron chi connectivity index (χ0n) is 12.5. The van der Waals surface area contributed by atoms with Gasteiger partial charge in [-0.15, -0.1) is 0 Å². The topological polar surface area (TPSA) is 53.3 Å². The maximum absolute atomic E-state index is 12.6. The third-order valence-corrected chi connectivity index (χ3v) is 3.26. The Bertz CT molecular complexity index is 635. The molecule has 2 aromatic carbocycles. The van der Waals surface area contributed by atoms with Gasteiger partial charge in [-0.2, -0.15) is 5.26 Å². The first kappa shape index (κ1) is 15.6. The van der Waals surface area contributed by atoms with E-state index in [1.165, 1.54) is 4.90 Å². The molecule has 2 rings (SSSR count). The number of ether oxygens (including phenoxy) is 1. The highest BCUT2D eigenvalue weighted by molar-refractivity contribution is 5.82. The minimum atomic E-state index is -0.715. The van der Waals surface area contributed by atoms with E-state index in [0.717, 1.165) is 5.56 Å². The Hall–Kier alpha value is -2.80. The van der Waals surface area contributed by atoms with E-state index in [0.29, 0.717) is 18.7 Å². The Morgan fingerprint density at radius 2 is 1.73 bits per heavy atom. The lowest BCUT2D eigenvalue weighted by atomic mass is 10.1. The standard InChI is InChI=1S/C18H18N2O2/c1-20(14-8-13-19)18(21)17(15-9-4-2-5-10-15)22-16-11-6-3-7-12-16/h2-7,9-12,17H,8,14H2,1H3/t17-/m0/s1. The van der Waals surface area contributed by atoms with Gasteiger partial charge in [-0.1, -0.05) is 48.5 Å². The Labute approximate surface area is 130 Å². The Balaban J connectivity index is 2.22. The second-order valence-corrected chi connectivity index (χ2v) is 4.89. The molecule has 0 spiro atoms. The molecular weight excluding hydrogens is 276 g/mol. The first-order valence-corrected chi connectivity index (χ1v) is 7.11. The summed E-state index contributed by atoms with van der Waals surface area (Å²) in [5, 5.41) is 8.67. The van der Waals surface area contributed by atoms with E-state index >= 15 is 0 Å². The van der Waals surface area contributed by atoms with Crippen LogP contribution in [0.2, 0.25) is 0 Å². The van der Waals surface area contributed by atoms with E-state index in [2.05, 4.69) is 0 Å². The van der Waals surface area contributed by atoms with Crippen LogP contribution in [-0.2, 0) is 4.79 Å². The number of para-hydroxylation sites is 1. The molecule has 1 amide bonds. The van der Waals surface area contributed by atoms with E-state index in [1.807, 2.05) is 66.7 Å². The largest absolute Gasteiger partial charge is 0.476 e. The third-order valence-electron chi connectivity index (χ3n) is 3.26. The molecule has 4 nitrogen and oxygen atoms in total. The van der Waals surface area contributed by atoms with Crippen LogP contribution < -0.4 is 4.74 Å². The maximum Gasteiger partial charge on any atom is 0.268 e. The number of nitrogens with zero attached hydrogens (tertiary/aromatic N) is 2. The van der Waals surface area contributed by atoms with Crippen LogP contribution in [0.4, 0.5) is 0 Å². The molecule has 0 aliphatic carbocycles. The minimum absolute atomic E-state index is 0.162. The van der Waals surface area contributed by atoms with Gasteiger partial charge in [0.05, 0.1) is 12.5 Å². The average Bonchev–Trinajstić information content (AvgIpc) is 2.58. The molecular formula is C18H18N2O2. The van der Waals surface area contributed by atoms with Crippen LogP contribution in [0.1, 0.15) is 18.1 Å². The van der Waals surface area contributed by atoms with Gasteiger partial charge in [0.15, 0.2) is 0 Å². The third kappa shape index (κ3) is 4.10. The monoisotopic (exact) mass is 294 g/mol. The number of hydrogen-bond acceptors (Lipinski definition) is 3. The van der Waals surface area contributed by atoms with Crippen molar-refractivity contribution in [2.24, 2.45) is 0 Å². The van der Waals surface area contributed by atoms with Crippen LogP contribution in [-0.4, -0.2) is 24.4 Å². The van der Waals surface area contributed by atoms with Crippen molar-refractivity contribution in [2.45, 2.75) is 12.5 Å². The van der Waals surface area contributed by atoms with Crippen molar-refractivity contribution in [3.63, 3.8) is 0 Å². The normalized spacial score (nSPS) is 11.3. The predicted molar refractivity (Wildman–Crippen MR) is 84.1 cm³/mol. The molecule has 4 heteroatoms. The number of likely N-dealkylation sites (N-methyl/N-ethyl adjacent to an activating group) is 1. The van der Waals surface area contributed by atoms with Gasteiger partial charge in [0.1, 0.15) is 5.75 Å². The summed E-state index contributed by atoms with van der Waals surface area (Å²) < 4.78 is 5.89. The highest BCUT2D eigenvalue weighted by atomic mass is 16.5. The molecule has 112 valence electrons. The number of benzene rings is 2. The number of rotatable bonds is 6. The maximum atomic E-state index is 12.6. The minimum Gasteiger partial charge on any atom is -0.476 e. The molecule has 0 N–H and O–H groups in total. The Kier molecular flexibility index (Phi) is 5.56. The predicted octanol–water partition coefficient (Wildman–Crippen LogP) is 3.18. The van der Waals surface area contributed by atoms with E-state index in [-0.39, 0.29) is 5.91 Å². The molecule has 0 aromatic heterocycles. The summed E-state index contributed by atoms with van der Waals surface area (Å²) in [5.41, 5.74) is 0.792. The van der Waals surface area contributed by atoms with Gasteiger partial charge in [-0.25, -0.2) is 0 Å². The van der Waals surface area contributed by atoms with Gasteiger partial charge in [0.2, 0.25) is 6.10 Å². The first-order chi connectivity index (χ1) is 10.7. The summed E-state index contributed by atoms with van der Waals surface area (Å²) >= 11 is 0. The number of nitriles is 1. The van der Waals surface area contributed by atoms with E-state index < -0.39 is 6.10 Å². The molecule has 0 saturated heterocycles. The van der Waals surface area contributed by atoms with Crippen LogP contribution in [0.3, 0.4) is 0 Å². The summed E-state index contributed by atoms with van der Waals surface area (Å²) in [4.78, 5) is 14.2. The van der Waals surface area contributed by atoms with E-state index in [1.54, 1.807) is 7.05 Å². The number of carbonyl (C=O) groups is 1. The molecule has 0 unspecified atom stereocenters. The van der Waals surface area contributed by atoms with Crippen LogP contribution in [0, 0.1) is 11.3 Å². The van der Waals surface area contributed by atoms with Gasteiger partial charge in [-0.3, -0.25) is 4.79 Å². The molecule has 0 bridgehead atoms. The summed E-state index contributed by atoms with van der Waals surface area (Å²) in [6, 6.07) is 20.7. The van der Waals surface area contributed by atoms with Crippen molar-refractivity contribution >= 4 is 5.91 Å².